The average Bonchev–Trinajstić information content (AvgIpc) is 3.12. The van der Waals surface area contributed by atoms with Crippen LogP contribution in [0.3, 0.4) is 0 Å². The van der Waals surface area contributed by atoms with E-state index in [2.05, 4.69) is 15.4 Å². The minimum atomic E-state index is 0.714. The van der Waals surface area contributed by atoms with Crippen molar-refractivity contribution in [2.45, 2.75) is 25.4 Å². The Hall–Kier alpha value is -1.88. The van der Waals surface area contributed by atoms with Gasteiger partial charge < -0.3 is 10.1 Å². The fourth-order valence-corrected chi connectivity index (χ4v) is 1.78. The van der Waals surface area contributed by atoms with Gasteiger partial charge in [-0.3, -0.25) is 0 Å². The van der Waals surface area contributed by atoms with Crippen LogP contribution in [-0.2, 0) is 6.54 Å². The van der Waals surface area contributed by atoms with E-state index in [1.165, 1.54) is 18.4 Å². The zero-order valence-corrected chi connectivity index (χ0v) is 10.3. The van der Waals surface area contributed by atoms with E-state index in [0.29, 0.717) is 6.04 Å². The summed E-state index contributed by atoms with van der Waals surface area (Å²) in [5.41, 5.74) is 1.22. The van der Waals surface area contributed by atoms with Crippen LogP contribution in [0.2, 0.25) is 0 Å². The van der Waals surface area contributed by atoms with E-state index >= 15 is 0 Å². The number of aromatic nitrogens is 3. The van der Waals surface area contributed by atoms with E-state index in [-0.39, 0.29) is 0 Å². The molecule has 1 fully saturated rings. The van der Waals surface area contributed by atoms with Crippen LogP contribution < -0.4 is 10.1 Å². The van der Waals surface area contributed by atoms with Crippen LogP contribution in [0.25, 0.3) is 5.82 Å². The highest BCUT2D eigenvalue weighted by Crippen LogP contribution is 2.19. The highest BCUT2D eigenvalue weighted by atomic mass is 16.5. The monoisotopic (exact) mass is 244 g/mol. The smallest absolute Gasteiger partial charge is 0.157 e. The minimum Gasteiger partial charge on any atom is -0.493 e. The molecule has 0 aromatic carbocycles. The summed E-state index contributed by atoms with van der Waals surface area (Å²) in [7, 11) is 1.63. The minimum absolute atomic E-state index is 0.714. The molecule has 0 spiro atoms. The molecule has 5 nitrogen and oxygen atoms in total. The molecule has 5 heteroatoms. The van der Waals surface area contributed by atoms with Crippen molar-refractivity contribution in [3.8, 4) is 11.6 Å². The molecule has 2 aromatic rings. The van der Waals surface area contributed by atoms with Crippen molar-refractivity contribution in [1.82, 2.24) is 20.1 Å². The molecule has 0 aliphatic heterocycles. The number of ether oxygens (including phenoxy) is 1. The summed E-state index contributed by atoms with van der Waals surface area (Å²) >= 11 is 0. The molecule has 0 unspecified atom stereocenters. The van der Waals surface area contributed by atoms with Gasteiger partial charge in [0.2, 0.25) is 0 Å². The van der Waals surface area contributed by atoms with Crippen LogP contribution in [0.15, 0.2) is 30.7 Å². The highest BCUT2D eigenvalue weighted by molar-refractivity contribution is 5.29. The average molecular weight is 244 g/mol. The summed E-state index contributed by atoms with van der Waals surface area (Å²) < 4.78 is 6.83. The number of nitrogens with one attached hydrogen (secondary N) is 1. The van der Waals surface area contributed by atoms with Crippen molar-refractivity contribution in [3.63, 3.8) is 0 Å². The van der Waals surface area contributed by atoms with Gasteiger partial charge in [0.25, 0.3) is 0 Å². The maximum atomic E-state index is 5.11. The summed E-state index contributed by atoms with van der Waals surface area (Å²) in [6.45, 7) is 0.887. The van der Waals surface area contributed by atoms with E-state index < -0.39 is 0 Å². The van der Waals surface area contributed by atoms with Gasteiger partial charge in [0.15, 0.2) is 11.6 Å². The van der Waals surface area contributed by atoms with Gasteiger partial charge in [0.1, 0.15) is 0 Å². The summed E-state index contributed by atoms with van der Waals surface area (Å²) in [5, 5.41) is 7.70. The van der Waals surface area contributed by atoms with Crippen LogP contribution >= 0.6 is 0 Å². The molecule has 0 amide bonds. The lowest BCUT2D eigenvalue weighted by atomic mass is 10.2. The van der Waals surface area contributed by atoms with Gasteiger partial charge in [-0.05, 0) is 30.5 Å². The molecule has 2 aromatic heterocycles. The lowest BCUT2D eigenvalue weighted by Gasteiger charge is -2.05. The topological polar surface area (TPSA) is 52.0 Å². The number of rotatable bonds is 5. The molecule has 0 saturated heterocycles. The first-order chi connectivity index (χ1) is 8.85. The predicted molar refractivity (Wildman–Crippen MR) is 67.8 cm³/mol. The van der Waals surface area contributed by atoms with E-state index in [1.54, 1.807) is 18.0 Å². The van der Waals surface area contributed by atoms with E-state index in [9.17, 15) is 0 Å². The molecule has 0 atom stereocenters. The largest absolute Gasteiger partial charge is 0.493 e. The van der Waals surface area contributed by atoms with Gasteiger partial charge in [-0.15, -0.1) is 0 Å². The Morgan fingerprint density at radius 3 is 3.11 bits per heavy atom. The number of hydrogen-bond acceptors (Lipinski definition) is 4. The Bertz CT molecular complexity index is 533. The van der Waals surface area contributed by atoms with E-state index in [4.69, 9.17) is 4.74 Å². The highest BCUT2D eigenvalue weighted by Gasteiger charge is 2.19. The number of nitrogens with zero attached hydrogens (tertiary/aromatic N) is 3. The molecule has 94 valence electrons. The van der Waals surface area contributed by atoms with Gasteiger partial charge in [-0.25, -0.2) is 9.67 Å². The standard InChI is InChI=1S/C13H16N4O/c1-18-12-8-16-17(9-12)13-6-10(4-5-14-13)7-15-11-2-3-11/h4-6,8-9,11,15H,2-3,7H2,1H3. The fourth-order valence-electron chi connectivity index (χ4n) is 1.78. The molecule has 2 heterocycles. The molecular weight excluding hydrogens is 228 g/mol. The first-order valence-corrected chi connectivity index (χ1v) is 6.12. The van der Waals surface area contributed by atoms with Gasteiger partial charge in [-0.2, -0.15) is 5.10 Å². The molecule has 18 heavy (non-hydrogen) atoms. The SMILES string of the molecule is COc1cnn(-c2cc(CNC3CC3)ccn2)c1. The normalized spacial score (nSPS) is 14.7. The van der Waals surface area contributed by atoms with Crippen molar-refractivity contribution >= 4 is 0 Å². The quantitative estimate of drug-likeness (QED) is 0.866. The second kappa shape index (κ2) is 4.78. The predicted octanol–water partition coefficient (Wildman–Crippen LogP) is 1.53. The van der Waals surface area contributed by atoms with Gasteiger partial charge in [-0.1, -0.05) is 0 Å². The Labute approximate surface area is 106 Å². The Kier molecular flexibility index (Phi) is 2.98. The van der Waals surface area contributed by atoms with Gasteiger partial charge >= 0.3 is 0 Å². The van der Waals surface area contributed by atoms with Crippen molar-refractivity contribution in [1.29, 1.82) is 0 Å². The van der Waals surface area contributed by atoms with Crippen molar-refractivity contribution < 1.29 is 4.74 Å². The van der Waals surface area contributed by atoms with Crippen LogP contribution in [0, 0.1) is 0 Å². The lowest BCUT2D eigenvalue weighted by molar-refractivity contribution is 0.414. The first kappa shape index (κ1) is 11.2. The Morgan fingerprint density at radius 2 is 2.39 bits per heavy atom. The second-order valence-corrected chi connectivity index (χ2v) is 4.50. The maximum absolute atomic E-state index is 5.11. The molecule has 3 rings (SSSR count). The molecule has 0 radical (unpaired) electrons. The number of hydrogen-bond donors (Lipinski definition) is 1. The van der Waals surface area contributed by atoms with E-state index in [0.717, 1.165) is 18.1 Å². The summed E-state index contributed by atoms with van der Waals surface area (Å²) in [5.74, 6) is 1.55. The van der Waals surface area contributed by atoms with Crippen LogP contribution in [0.4, 0.5) is 0 Å². The summed E-state index contributed by atoms with van der Waals surface area (Å²) in [6, 6.07) is 4.79. The van der Waals surface area contributed by atoms with Gasteiger partial charge in [0.05, 0.1) is 19.5 Å². The lowest BCUT2D eigenvalue weighted by Crippen LogP contribution is -2.15. The number of pyridine rings is 1. The van der Waals surface area contributed by atoms with Gasteiger partial charge in [0, 0.05) is 18.8 Å². The zero-order valence-electron chi connectivity index (χ0n) is 10.3. The maximum Gasteiger partial charge on any atom is 0.157 e. The van der Waals surface area contributed by atoms with Crippen molar-refractivity contribution in [3.05, 3.63) is 36.3 Å². The third-order valence-electron chi connectivity index (χ3n) is 3.01. The van der Waals surface area contributed by atoms with Crippen LogP contribution in [-0.4, -0.2) is 27.9 Å². The third-order valence-corrected chi connectivity index (χ3v) is 3.01. The first-order valence-electron chi connectivity index (χ1n) is 6.12. The Balaban J connectivity index is 1.76. The summed E-state index contributed by atoms with van der Waals surface area (Å²) in [4.78, 5) is 4.32. The second-order valence-electron chi connectivity index (χ2n) is 4.50. The Morgan fingerprint density at radius 1 is 1.50 bits per heavy atom. The van der Waals surface area contributed by atoms with E-state index in [1.807, 2.05) is 24.5 Å². The molecular formula is C13H16N4O. The zero-order chi connectivity index (χ0) is 12.4. The molecule has 0 bridgehead atoms. The van der Waals surface area contributed by atoms with Crippen LogP contribution in [0.5, 0.6) is 5.75 Å². The molecule has 1 saturated carbocycles. The molecule has 1 N–H and O–H groups in total. The third kappa shape index (κ3) is 2.51. The summed E-state index contributed by atoms with van der Waals surface area (Å²) in [6.07, 6.45) is 7.91. The van der Waals surface area contributed by atoms with Crippen LogP contribution in [0.1, 0.15) is 18.4 Å². The fraction of sp³-hybridized carbons (Fsp3) is 0.385. The number of methoxy groups -OCH3 is 1. The molecule has 1 aliphatic rings. The van der Waals surface area contributed by atoms with Crippen molar-refractivity contribution in [2.75, 3.05) is 7.11 Å². The molecule has 1 aliphatic carbocycles. The van der Waals surface area contributed by atoms with Crippen molar-refractivity contribution in [2.24, 2.45) is 0 Å².